The van der Waals surface area contributed by atoms with E-state index in [-0.39, 0.29) is 17.1 Å². The maximum atomic E-state index is 13.3. The summed E-state index contributed by atoms with van der Waals surface area (Å²) >= 11 is 0. The number of fused-ring (bicyclic) bond motifs is 1. The molecule has 1 amide bonds. The van der Waals surface area contributed by atoms with Crippen LogP contribution in [0.25, 0.3) is 5.69 Å². The third-order valence-electron chi connectivity index (χ3n) is 5.68. The Bertz CT molecular complexity index is 1340. The molecule has 1 N–H and O–H groups in total. The summed E-state index contributed by atoms with van der Waals surface area (Å²) in [4.78, 5) is 13.3. The summed E-state index contributed by atoms with van der Waals surface area (Å²) in [6.45, 7) is 3.98. The zero-order valence-corrected chi connectivity index (χ0v) is 19.9. The summed E-state index contributed by atoms with van der Waals surface area (Å²) in [5, 5.41) is 7.39. The van der Waals surface area contributed by atoms with Gasteiger partial charge in [0.1, 0.15) is 5.82 Å². The number of aryl methyl sites for hydroxylation is 2. The second-order valence-corrected chi connectivity index (χ2v) is 9.92. The van der Waals surface area contributed by atoms with E-state index in [1.54, 1.807) is 4.68 Å². The summed E-state index contributed by atoms with van der Waals surface area (Å²) in [6.07, 6.45) is 0. The van der Waals surface area contributed by atoms with Crippen LogP contribution in [0.15, 0.2) is 30.3 Å². The van der Waals surface area contributed by atoms with Crippen molar-refractivity contribution in [3.8, 4) is 22.9 Å². The van der Waals surface area contributed by atoms with Crippen LogP contribution in [0.4, 0.5) is 5.82 Å². The van der Waals surface area contributed by atoms with E-state index < -0.39 is 15.7 Å². The molecule has 10 heteroatoms. The number of hydrogen-bond donors (Lipinski definition) is 1. The first kappa shape index (κ1) is 22.7. The lowest BCUT2D eigenvalue weighted by Crippen LogP contribution is -2.17. The van der Waals surface area contributed by atoms with Gasteiger partial charge in [0.15, 0.2) is 21.3 Å². The fraction of sp³-hybridized carbons (Fsp3) is 0.304. The van der Waals surface area contributed by atoms with Gasteiger partial charge in [-0.25, -0.2) is 13.1 Å². The van der Waals surface area contributed by atoms with Crippen molar-refractivity contribution in [3.63, 3.8) is 0 Å². The summed E-state index contributed by atoms with van der Waals surface area (Å²) in [6, 6.07) is 8.85. The molecule has 0 spiro atoms. The molecule has 2 aromatic carbocycles. The normalized spacial score (nSPS) is 14.0. The second kappa shape index (κ2) is 8.43. The largest absolute Gasteiger partial charge is 0.493 e. The summed E-state index contributed by atoms with van der Waals surface area (Å²) in [5.41, 5.74) is 4.08. The SMILES string of the molecule is COc1cc(C(=O)Nc2c3c(nn2-c2ccc(C)c(C)c2)CS(=O)(=O)C3)cc(OC)c1OC. The number of sulfone groups is 1. The number of nitrogens with zero attached hydrogens (tertiary/aromatic N) is 2. The molecular formula is C23H25N3O6S. The molecule has 0 fully saturated rings. The maximum Gasteiger partial charge on any atom is 0.257 e. The Labute approximate surface area is 192 Å². The fourth-order valence-corrected chi connectivity index (χ4v) is 5.30. The molecule has 0 saturated carbocycles. The Balaban J connectivity index is 1.79. The average Bonchev–Trinajstić information content (AvgIpc) is 3.26. The molecule has 4 rings (SSSR count). The van der Waals surface area contributed by atoms with Crippen molar-refractivity contribution in [2.24, 2.45) is 0 Å². The lowest BCUT2D eigenvalue weighted by atomic mass is 10.1. The molecule has 33 heavy (non-hydrogen) atoms. The number of anilines is 1. The molecule has 3 aromatic rings. The Morgan fingerprint density at radius 2 is 1.64 bits per heavy atom. The Kier molecular flexibility index (Phi) is 5.79. The summed E-state index contributed by atoms with van der Waals surface area (Å²) < 4.78 is 42.0. The first-order valence-corrected chi connectivity index (χ1v) is 12.0. The van der Waals surface area contributed by atoms with Gasteiger partial charge in [-0.2, -0.15) is 5.10 Å². The third kappa shape index (κ3) is 4.13. The van der Waals surface area contributed by atoms with Crippen LogP contribution in [-0.4, -0.2) is 45.4 Å². The van der Waals surface area contributed by atoms with E-state index in [0.29, 0.717) is 34.3 Å². The highest BCUT2D eigenvalue weighted by atomic mass is 32.2. The molecular weight excluding hydrogens is 446 g/mol. The molecule has 9 nitrogen and oxygen atoms in total. The van der Waals surface area contributed by atoms with Crippen LogP contribution in [0.3, 0.4) is 0 Å². The molecule has 0 radical (unpaired) electrons. The standard InChI is InChI=1S/C23H25N3O6S/c1-13-6-7-16(8-14(13)2)26-22(17-11-33(28,29)12-18(17)25-26)24-23(27)15-9-19(30-3)21(32-5)20(10-15)31-4/h6-10H,11-12H2,1-5H3,(H,24,27). The molecule has 1 aliphatic rings. The lowest BCUT2D eigenvalue weighted by molar-refractivity contribution is 0.102. The fourth-order valence-electron chi connectivity index (χ4n) is 3.81. The Morgan fingerprint density at radius 1 is 0.970 bits per heavy atom. The number of carbonyl (C=O) groups is 1. The van der Waals surface area contributed by atoms with Crippen molar-refractivity contribution in [1.82, 2.24) is 9.78 Å². The third-order valence-corrected chi connectivity index (χ3v) is 7.12. The van der Waals surface area contributed by atoms with Crippen molar-refractivity contribution >= 4 is 21.6 Å². The first-order chi connectivity index (χ1) is 15.7. The Morgan fingerprint density at radius 3 is 2.21 bits per heavy atom. The van der Waals surface area contributed by atoms with E-state index >= 15 is 0 Å². The van der Waals surface area contributed by atoms with Crippen LogP contribution in [-0.2, 0) is 21.3 Å². The predicted octanol–water partition coefficient (Wildman–Crippen LogP) is 3.20. The smallest absolute Gasteiger partial charge is 0.257 e. The van der Waals surface area contributed by atoms with Crippen molar-refractivity contribution in [3.05, 3.63) is 58.3 Å². The number of amides is 1. The molecule has 0 atom stereocenters. The highest BCUT2D eigenvalue weighted by Crippen LogP contribution is 2.39. The highest BCUT2D eigenvalue weighted by molar-refractivity contribution is 7.90. The molecule has 0 saturated heterocycles. The molecule has 0 unspecified atom stereocenters. The van der Waals surface area contributed by atoms with Crippen LogP contribution in [0.2, 0.25) is 0 Å². The van der Waals surface area contributed by atoms with Gasteiger partial charge in [-0.3, -0.25) is 4.79 Å². The number of aromatic nitrogens is 2. The van der Waals surface area contributed by atoms with E-state index in [9.17, 15) is 13.2 Å². The van der Waals surface area contributed by atoms with Crippen LogP contribution >= 0.6 is 0 Å². The van der Waals surface area contributed by atoms with Gasteiger partial charge in [-0.05, 0) is 49.2 Å². The quantitative estimate of drug-likeness (QED) is 0.588. The van der Waals surface area contributed by atoms with Gasteiger partial charge >= 0.3 is 0 Å². The molecule has 0 aliphatic carbocycles. The van der Waals surface area contributed by atoms with Gasteiger partial charge in [0, 0.05) is 11.1 Å². The van der Waals surface area contributed by atoms with Crippen LogP contribution in [0, 0.1) is 13.8 Å². The van der Waals surface area contributed by atoms with Gasteiger partial charge in [0.05, 0.1) is 44.2 Å². The molecule has 1 aliphatic heterocycles. The number of rotatable bonds is 6. The number of nitrogens with one attached hydrogen (secondary N) is 1. The summed E-state index contributed by atoms with van der Waals surface area (Å²) in [5.74, 6) is 0.545. The zero-order valence-electron chi connectivity index (χ0n) is 19.1. The topological polar surface area (TPSA) is 109 Å². The lowest BCUT2D eigenvalue weighted by Gasteiger charge is -2.15. The van der Waals surface area contributed by atoms with Crippen molar-refractivity contribution in [2.45, 2.75) is 25.4 Å². The predicted molar refractivity (Wildman–Crippen MR) is 123 cm³/mol. The van der Waals surface area contributed by atoms with E-state index in [1.807, 2.05) is 32.0 Å². The zero-order chi connectivity index (χ0) is 23.9. The second-order valence-electron chi connectivity index (χ2n) is 7.85. The summed E-state index contributed by atoms with van der Waals surface area (Å²) in [7, 11) is 1.09. The van der Waals surface area contributed by atoms with Gasteiger partial charge in [-0.1, -0.05) is 6.07 Å². The minimum absolute atomic E-state index is 0.159. The van der Waals surface area contributed by atoms with E-state index in [1.165, 1.54) is 33.5 Å². The highest BCUT2D eigenvalue weighted by Gasteiger charge is 2.33. The van der Waals surface area contributed by atoms with Gasteiger partial charge in [0.2, 0.25) is 5.75 Å². The molecule has 0 bridgehead atoms. The van der Waals surface area contributed by atoms with Crippen molar-refractivity contribution in [2.75, 3.05) is 26.6 Å². The minimum atomic E-state index is -3.31. The average molecular weight is 472 g/mol. The van der Waals surface area contributed by atoms with Crippen LogP contribution in [0.5, 0.6) is 17.2 Å². The molecule has 1 aromatic heterocycles. The first-order valence-electron chi connectivity index (χ1n) is 10.2. The van der Waals surface area contributed by atoms with Gasteiger partial charge in [-0.15, -0.1) is 0 Å². The Hall–Kier alpha value is -3.53. The number of ether oxygens (including phenoxy) is 3. The number of benzene rings is 2. The van der Waals surface area contributed by atoms with E-state index in [4.69, 9.17) is 14.2 Å². The van der Waals surface area contributed by atoms with Crippen LogP contribution < -0.4 is 19.5 Å². The molecule has 2 heterocycles. The van der Waals surface area contributed by atoms with E-state index in [0.717, 1.165) is 16.8 Å². The molecule has 174 valence electrons. The van der Waals surface area contributed by atoms with Gasteiger partial charge in [0.25, 0.3) is 5.91 Å². The minimum Gasteiger partial charge on any atom is -0.493 e. The number of hydrogen-bond acceptors (Lipinski definition) is 7. The number of carbonyl (C=O) groups excluding carboxylic acids is 1. The van der Waals surface area contributed by atoms with Crippen LogP contribution in [0.1, 0.15) is 32.7 Å². The maximum absolute atomic E-state index is 13.3. The number of methoxy groups -OCH3 is 3. The monoisotopic (exact) mass is 471 g/mol. The van der Waals surface area contributed by atoms with E-state index in [2.05, 4.69) is 10.4 Å². The van der Waals surface area contributed by atoms with Crippen molar-refractivity contribution < 1.29 is 27.4 Å². The van der Waals surface area contributed by atoms with Crippen molar-refractivity contribution in [1.29, 1.82) is 0 Å². The van der Waals surface area contributed by atoms with Gasteiger partial charge < -0.3 is 19.5 Å².